The molecule has 1 aliphatic rings. The van der Waals surface area contributed by atoms with E-state index in [4.69, 9.17) is 5.11 Å². The molecule has 0 aromatic carbocycles. The zero-order valence-electron chi connectivity index (χ0n) is 12.3. The van der Waals surface area contributed by atoms with Crippen molar-refractivity contribution in [2.75, 3.05) is 13.1 Å². The van der Waals surface area contributed by atoms with Crippen molar-refractivity contribution in [2.24, 2.45) is 5.92 Å². The summed E-state index contributed by atoms with van der Waals surface area (Å²) in [4.78, 5) is 13.7. The Bertz CT molecular complexity index is 664. The SMILES string of the molecule is Cc1[nH]c(C(=O)O)c(C)c1S(=O)(=O)N1CCC(C)C(O)C1. The number of aromatic amines is 1. The van der Waals surface area contributed by atoms with Gasteiger partial charge >= 0.3 is 5.97 Å². The molecule has 118 valence electrons. The summed E-state index contributed by atoms with van der Waals surface area (Å²) in [5, 5.41) is 19.0. The number of aliphatic hydroxyl groups excluding tert-OH is 1. The number of carbonyl (C=O) groups is 1. The van der Waals surface area contributed by atoms with Gasteiger partial charge in [0.2, 0.25) is 10.0 Å². The fourth-order valence-corrected chi connectivity index (χ4v) is 4.58. The first-order valence-corrected chi connectivity index (χ1v) is 8.21. The molecular weight excluding hydrogens is 296 g/mol. The maximum Gasteiger partial charge on any atom is 0.352 e. The van der Waals surface area contributed by atoms with Gasteiger partial charge in [-0.1, -0.05) is 6.92 Å². The highest BCUT2D eigenvalue weighted by molar-refractivity contribution is 7.89. The topological polar surface area (TPSA) is 111 Å². The second-order valence-corrected chi connectivity index (χ2v) is 7.46. The fourth-order valence-electron chi connectivity index (χ4n) is 2.70. The van der Waals surface area contributed by atoms with Crippen LogP contribution in [0.15, 0.2) is 4.90 Å². The third kappa shape index (κ3) is 2.70. The minimum Gasteiger partial charge on any atom is -0.477 e. The molecule has 1 saturated heterocycles. The molecule has 8 heteroatoms. The molecule has 7 nitrogen and oxygen atoms in total. The summed E-state index contributed by atoms with van der Waals surface area (Å²) in [5.74, 6) is -1.14. The molecule has 1 aromatic heterocycles. The monoisotopic (exact) mass is 316 g/mol. The Morgan fingerprint density at radius 2 is 2.00 bits per heavy atom. The molecule has 0 amide bonds. The van der Waals surface area contributed by atoms with E-state index >= 15 is 0 Å². The molecular formula is C13H20N2O5S. The van der Waals surface area contributed by atoms with Crippen molar-refractivity contribution in [3.63, 3.8) is 0 Å². The van der Waals surface area contributed by atoms with Crippen LogP contribution in [0.3, 0.4) is 0 Å². The Labute approximate surface area is 123 Å². The molecule has 1 aromatic rings. The van der Waals surface area contributed by atoms with Gasteiger partial charge in [-0.25, -0.2) is 13.2 Å². The van der Waals surface area contributed by atoms with E-state index in [1.54, 1.807) is 0 Å². The Hall–Kier alpha value is -1.38. The lowest BCUT2D eigenvalue weighted by atomic mass is 9.98. The second kappa shape index (κ2) is 5.43. The first kappa shape index (κ1) is 16.0. The van der Waals surface area contributed by atoms with Crippen molar-refractivity contribution in [1.82, 2.24) is 9.29 Å². The lowest BCUT2D eigenvalue weighted by Gasteiger charge is -2.33. The highest BCUT2D eigenvalue weighted by Gasteiger charge is 2.36. The summed E-state index contributed by atoms with van der Waals surface area (Å²) >= 11 is 0. The Kier molecular flexibility index (Phi) is 4.14. The zero-order chi connectivity index (χ0) is 15.9. The first-order valence-electron chi connectivity index (χ1n) is 6.77. The number of rotatable bonds is 3. The summed E-state index contributed by atoms with van der Waals surface area (Å²) in [6, 6.07) is 0. The maximum atomic E-state index is 12.7. The molecule has 0 aliphatic carbocycles. The van der Waals surface area contributed by atoms with Crippen LogP contribution in [0.25, 0.3) is 0 Å². The number of β-amino-alcohol motifs (C(OH)–C–C–N with tert-alkyl or cyclic N) is 1. The van der Waals surface area contributed by atoms with Crippen molar-refractivity contribution in [1.29, 1.82) is 0 Å². The molecule has 3 N–H and O–H groups in total. The van der Waals surface area contributed by atoms with Gasteiger partial charge in [-0.3, -0.25) is 0 Å². The van der Waals surface area contributed by atoms with Crippen LogP contribution in [0, 0.1) is 19.8 Å². The van der Waals surface area contributed by atoms with Crippen LogP contribution in [0.1, 0.15) is 35.1 Å². The van der Waals surface area contributed by atoms with Crippen molar-refractivity contribution >= 4 is 16.0 Å². The molecule has 2 unspecified atom stereocenters. The maximum absolute atomic E-state index is 12.7. The highest BCUT2D eigenvalue weighted by atomic mass is 32.2. The number of sulfonamides is 1. The van der Waals surface area contributed by atoms with Gasteiger partial charge in [0, 0.05) is 24.3 Å². The van der Waals surface area contributed by atoms with Gasteiger partial charge in [0.1, 0.15) is 10.6 Å². The van der Waals surface area contributed by atoms with E-state index in [0.29, 0.717) is 18.7 Å². The number of carboxylic acid groups (broad SMARTS) is 1. The molecule has 0 saturated carbocycles. The summed E-state index contributed by atoms with van der Waals surface area (Å²) < 4.78 is 26.7. The smallest absolute Gasteiger partial charge is 0.352 e. The van der Waals surface area contributed by atoms with Crippen molar-refractivity contribution < 1.29 is 23.4 Å². The van der Waals surface area contributed by atoms with Gasteiger partial charge in [0.05, 0.1) is 6.10 Å². The first-order chi connectivity index (χ1) is 9.66. The molecule has 0 radical (unpaired) electrons. The van der Waals surface area contributed by atoms with Gasteiger partial charge in [-0.2, -0.15) is 4.31 Å². The zero-order valence-corrected chi connectivity index (χ0v) is 13.1. The average Bonchev–Trinajstić information content (AvgIpc) is 2.68. The molecule has 0 spiro atoms. The van der Waals surface area contributed by atoms with E-state index in [2.05, 4.69) is 4.98 Å². The molecule has 2 rings (SSSR count). The Balaban J connectivity index is 2.43. The number of nitrogens with one attached hydrogen (secondary N) is 1. The summed E-state index contributed by atoms with van der Waals surface area (Å²) in [7, 11) is -3.81. The van der Waals surface area contributed by atoms with E-state index in [-0.39, 0.29) is 28.6 Å². The van der Waals surface area contributed by atoms with Gasteiger partial charge in [0.15, 0.2) is 0 Å². The van der Waals surface area contributed by atoms with E-state index < -0.39 is 22.1 Å². The molecule has 2 heterocycles. The van der Waals surface area contributed by atoms with Gasteiger partial charge in [0.25, 0.3) is 0 Å². The van der Waals surface area contributed by atoms with Crippen LogP contribution in [0.4, 0.5) is 0 Å². The molecule has 21 heavy (non-hydrogen) atoms. The number of aromatic nitrogens is 1. The number of aliphatic hydroxyl groups is 1. The summed E-state index contributed by atoms with van der Waals surface area (Å²) in [6.45, 7) is 5.26. The van der Waals surface area contributed by atoms with Crippen LogP contribution >= 0.6 is 0 Å². The average molecular weight is 316 g/mol. The lowest BCUT2D eigenvalue weighted by molar-refractivity contribution is 0.0604. The van der Waals surface area contributed by atoms with Crippen LogP contribution in [-0.4, -0.2) is 53.1 Å². The van der Waals surface area contributed by atoms with Gasteiger partial charge in [-0.15, -0.1) is 0 Å². The third-order valence-electron chi connectivity index (χ3n) is 4.06. The largest absolute Gasteiger partial charge is 0.477 e. The van der Waals surface area contributed by atoms with E-state index in [9.17, 15) is 18.3 Å². The highest BCUT2D eigenvalue weighted by Crippen LogP contribution is 2.29. The standard InChI is InChI=1S/C13H20N2O5S/c1-7-4-5-15(6-10(7)16)21(19,20)12-8(2)11(13(17)18)14-9(12)3/h7,10,14,16H,4-6H2,1-3H3,(H,17,18). The van der Waals surface area contributed by atoms with Gasteiger partial charge < -0.3 is 15.2 Å². The molecule has 1 aliphatic heterocycles. The number of hydrogen-bond acceptors (Lipinski definition) is 4. The Morgan fingerprint density at radius 1 is 1.38 bits per heavy atom. The fraction of sp³-hybridized carbons (Fsp3) is 0.615. The summed E-state index contributed by atoms with van der Waals surface area (Å²) in [6.07, 6.45) is -0.124. The Morgan fingerprint density at radius 3 is 2.48 bits per heavy atom. The number of nitrogens with zero attached hydrogens (tertiary/aromatic N) is 1. The molecule has 0 bridgehead atoms. The number of aryl methyl sites for hydroxylation is 1. The number of carboxylic acids is 1. The molecule has 2 atom stereocenters. The van der Waals surface area contributed by atoms with Crippen molar-refractivity contribution in [2.45, 2.75) is 38.2 Å². The van der Waals surface area contributed by atoms with Crippen LogP contribution < -0.4 is 0 Å². The van der Waals surface area contributed by atoms with E-state index in [1.807, 2.05) is 6.92 Å². The quantitative estimate of drug-likeness (QED) is 0.761. The predicted octanol–water partition coefficient (Wildman–Crippen LogP) is 0.721. The predicted molar refractivity (Wildman–Crippen MR) is 75.8 cm³/mol. The third-order valence-corrected chi connectivity index (χ3v) is 6.20. The normalized spacial score (nSPS) is 24.2. The van der Waals surface area contributed by atoms with Crippen molar-refractivity contribution in [3.8, 4) is 0 Å². The van der Waals surface area contributed by atoms with Crippen molar-refractivity contribution in [3.05, 3.63) is 17.0 Å². The van der Waals surface area contributed by atoms with Crippen LogP contribution in [-0.2, 0) is 10.0 Å². The minimum absolute atomic E-state index is 0.00153. The lowest BCUT2D eigenvalue weighted by Crippen LogP contribution is -2.45. The number of H-pyrrole nitrogens is 1. The second-order valence-electron chi connectivity index (χ2n) is 5.58. The van der Waals surface area contributed by atoms with Gasteiger partial charge in [-0.05, 0) is 26.2 Å². The van der Waals surface area contributed by atoms with E-state index in [0.717, 1.165) is 0 Å². The number of aromatic carboxylic acids is 1. The number of hydrogen-bond donors (Lipinski definition) is 3. The van der Waals surface area contributed by atoms with Crippen LogP contribution in [0.5, 0.6) is 0 Å². The molecule has 1 fully saturated rings. The van der Waals surface area contributed by atoms with E-state index in [1.165, 1.54) is 18.2 Å². The minimum atomic E-state index is -3.81. The number of piperidine rings is 1. The van der Waals surface area contributed by atoms with Crippen LogP contribution in [0.2, 0.25) is 0 Å². The summed E-state index contributed by atoms with van der Waals surface area (Å²) in [5.41, 5.74) is 0.392.